The number of amides is 1. The molecule has 0 aromatic heterocycles. The summed E-state index contributed by atoms with van der Waals surface area (Å²) in [5.41, 5.74) is 1.61. The topological polar surface area (TPSA) is 53.0 Å². The van der Waals surface area contributed by atoms with E-state index in [1.165, 1.54) is 5.56 Å². The van der Waals surface area contributed by atoms with Gasteiger partial charge in [0, 0.05) is 19.6 Å². The van der Waals surface area contributed by atoms with Crippen LogP contribution in [0, 0.1) is 0 Å². The first-order chi connectivity index (χ1) is 13.6. The highest BCUT2D eigenvalue weighted by atomic mass is 16.5. The number of piperidine rings is 1. The Hall–Kier alpha value is -2.37. The number of phenolic OH excluding ortho intramolecular Hbond substituents is 1. The summed E-state index contributed by atoms with van der Waals surface area (Å²) in [5, 5.41) is 10.2. The van der Waals surface area contributed by atoms with Crippen molar-refractivity contribution in [3.05, 3.63) is 60.2 Å². The molecular formula is C23H28N2O3. The largest absolute Gasteiger partial charge is 0.506 e. The van der Waals surface area contributed by atoms with Gasteiger partial charge in [-0.05, 0) is 43.9 Å². The lowest BCUT2D eigenvalue weighted by Crippen LogP contribution is -2.61. The molecule has 2 aliphatic rings. The van der Waals surface area contributed by atoms with Crippen LogP contribution < -0.4 is 4.90 Å². The number of benzene rings is 2. The smallest absolute Gasteiger partial charge is 0.256 e. The Kier molecular flexibility index (Phi) is 5.38. The van der Waals surface area contributed by atoms with Crippen LogP contribution in [0.15, 0.2) is 54.6 Å². The lowest BCUT2D eigenvalue weighted by Gasteiger charge is -2.49. The highest BCUT2D eigenvalue weighted by Crippen LogP contribution is 2.37. The molecule has 1 amide bonds. The fraction of sp³-hybridized carbons (Fsp3) is 0.435. The molecule has 2 aromatic carbocycles. The van der Waals surface area contributed by atoms with E-state index in [0.29, 0.717) is 12.2 Å². The van der Waals surface area contributed by atoms with Crippen molar-refractivity contribution in [3.8, 4) is 5.75 Å². The number of hydrogen-bond donors (Lipinski definition) is 1. The van der Waals surface area contributed by atoms with Crippen LogP contribution in [0.4, 0.5) is 5.69 Å². The Morgan fingerprint density at radius 1 is 1.07 bits per heavy atom. The Balaban J connectivity index is 1.41. The standard InChI is InChI=1S/C23H28N2O3/c1-18-22(27)25(20-9-5-6-10-21(20)26)17-23(28-18)12-15-24(16-13-23)14-11-19-7-3-2-4-8-19/h2-10,18,26H,11-17H2,1H3. The van der Waals surface area contributed by atoms with Crippen LogP contribution in [0.3, 0.4) is 0 Å². The average molecular weight is 380 g/mol. The van der Waals surface area contributed by atoms with Gasteiger partial charge in [-0.15, -0.1) is 0 Å². The lowest BCUT2D eigenvalue weighted by molar-refractivity contribution is -0.161. The summed E-state index contributed by atoms with van der Waals surface area (Å²) in [5.74, 6) is 0.0547. The molecule has 2 saturated heterocycles. The predicted octanol–water partition coefficient (Wildman–Crippen LogP) is 3.22. The summed E-state index contributed by atoms with van der Waals surface area (Å²) in [6.07, 6.45) is 2.34. The van der Waals surface area contributed by atoms with E-state index in [1.807, 2.05) is 19.1 Å². The molecule has 2 aromatic rings. The van der Waals surface area contributed by atoms with Gasteiger partial charge in [-0.25, -0.2) is 0 Å². The number of hydrogen-bond acceptors (Lipinski definition) is 4. The molecule has 148 valence electrons. The predicted molar refractivity (Wildman–Crippen MR) is 110 cm³/mol. The molecule has 2 fully saturated rings. The number of para-hydroxylation sites is 2. The average Bonchev–Trinajstić information content (AvgIpc) is 2.72. The lowest BCUT2D eigenvalue weighted by atomic mass is 9.88. The molecule has 0 saturated carbocycles. The first-order valence-corrected chi connectivity index (χ1v) is 10.1. The number of nitrogens with zero attached hydrogens (tertiary/aromatic N) is 2. The van der Waals surface area contributed by atoms with Gasteiger partial charge in [-0.3, -0.25) is 4.79 Å². The fourth-order valence-electron chi connectivity index (χ4n) is 4.34. The summed E-state index contributed by atoms with van der Waals surface area (Å²) in [6, 6.07) is 17.6. The summed E-state index contributed by atoms with van der Waals surface area (Å²) < 4.78 is 6.23. The Morgan fingerprint density at radius 2 is 1.75 bits per heavy atom. The third-order valence-electron chi connectivity index (χ3n) is 5.99. The molecule has 0 aliphatic carbocycles. The number of rotatable bonds is 4. The number of carbonyl (C=O) groups is 1. The molecule has 5 heteroatoms. The number of phenols is 1. The van der Waals surface area contributed by atoms with Crippen molar-refractivity contribution in [2.75, 3.05) is 31.1 Å². The molecule has 0 radical (unpaired) electrons. The van der Waals surface area contributed by atoms with Gasteiger partial charge in [0.25, 0.3) is 5.91 Å². The van der Waals surface area contributed by atoms with Crippen LogP contribution in [0.5, 0.6) is 5.75 Å². The minimum Gasteiger partial charge on any atom is -0.506 e. The van der Waals surface area contributed by atoms with E-state index in [2.05, 4.69) is 29.2 Å². The van der Waals surface area contributed by atoms with E-state index >= 15 is 0 Å². The summed E-state index contributed by atoms with van der Waals surface area (Å²) in [6.45, 7) is 5.28. The maximum absolute atomic E-state index is 12.7. The van der Waals surface area contributed by atoms with Crippen LogP contribution in [-0.4, -0.2) is 53.8 Å². The monoisotopic (exact) mass is 380 g/mol. The van der Waals surface area contributed by atoms with E-state index in [-0.39, 0.29) is 17.3 Å². The van der Waals surface area contributed by atoms with E-state index in [9.17, 15) is 9.90 Å². The normalized spacial score (nSPS) is 22.5. The van der Waals surface area contributed by atoms with Crippen LogP contribution in [-0.2, 0) is 16.0 Å². The maximum atomic E-state index is 12.7. The zero-order valence-electron chi connectivity index (χ0n) is 16.4. The van der Waals surface area contributed by atoms with E-state index in [1.54, 1.807) is 23.1 Å². The SMILES string of the molecule is CC1OC2(CCN(CCc3ccccc3)CC2)CN(c2ccccc2O)C1=O. The van der Waals surface area contributed by atoms with Crippen molar-refractivity contribution in [2.24, 2.45) is 0 Å². The van der Waals surface area contributed by atoms with Crippen molar-refractivity contribution < 1.29 is 14.6 Å². The summed E-state index contributed by atoms with van der Waals surface area (Å²) >= 11 is 0. The molecule has 1 N–H and O–H groups in total. The fourth-order valence-corrected chi connectivity index (χ4v) is 4.34. The van der Waals surface area contributed by atoms with Gasteiger partial charge in [0.1, 0.15) is 11.9 Å². The van der Waals surface area contributed by atoms with Crippen molar-refractivity contribution in [1.29, 1.82) is 0 Å². The number of ether oxygens (including phenoxy) is 1. The van der Waals surface area contributed by atoms with Crippen molar-refractivity contribution >= 4 is 11.6 Å². The van der Waals surface area contributed by atoms with Crippen molar-refractivity contribution in [1.82, 2.24) is 4.90 Å². The molecule has 1 atom stereocenters. The number of anilines is 1. The first-order valence-electron chi connectivity index (χ1n) is 10.1. The highest BCUT2D eigenvalue weighted by Gasteiger charge is 2.46. The molecule has 2 aliphatic heterocycles. The Bertz CT molecular complexity index is 816. The first kappa shape index (κ1) is 19.0. The second kappa shape index (κ2) is 7.94. The zero-order valence-corrected chi connectivity index (χ0v) is 16.4. The second-order valence-electron chi connectivity index (χ2n) is 7.93. The molecule has 5 nitrogen and oxygen atoms in total. The molecule has 4 rings (SSSR count). The third-order valence-corrected chi connectivity index (χ3v) is 5.99. The maximum Gasteiger partial charge on any atom is 0.256 e. The minimum absolute atomic E-state index is 0.0846. The Labute approximate surface area is 166 Å². The molecule has 0 bridgehead atoms. The third kappa shape index (κ3) is 3.91. The Morgan fingerprint density at radius 3 is 2.46 bits per heavy atom. The van der Waals surface area contributed by atoms with E-state index < -0.39 is 6.10 Å². The van der Waals surface area contributed by atoms with Crippen molar-refractivity contribution in [2.45, 2.75) is 37.9 Å². The molecule has 2 heterocycles. The van der Waals surface area contributed by atoms with Crippen LogP contribution >= 0.6 is 0 Å². The van der Waals surface area contributed by atoms with Gasteiger partial charge in [-0.2, -0.15) is 0 Å². The minimum atomic E-state index is -0.496. The van der Waals surface area contributed by atoms with Gasteiger partial charge in [-0.1, -0.05) is 42.5 Å². The molecular weight excluding hydrogens is 352 g/mol. The highest BCUT2D eigenvalue weighted by molar-refractivity contribution is 5.98. The zero-order chi connectivity index (χ0) is 19.6. The molecule has 1 unspecified atom stereocenters. The van der Waals surface area contributed by atoms with Crippen LogP contribution in [0.1, 0.15) is 25.3 Å². The van der Waals surface area contributed by atoms with E-state index in [0.717, 1.165) is 38.9 Å². The van der Waals surface area contributed by atoms with Crippen LogP contribution in [0.25, 0.3) is 0 Å². The van der Waals surface area contributed by atoms with Gasteiger partial charge in [0.15, 0.2) is 0 Å². The number of carbonyl (C=O) groups excluding carboxylic acids is 1. The van der Waals surface area contributed by atoms with Gasteiger partial charge >= 0.3 is 0 Å². The van der Waals surface area contributed by atoms with Gasteiger partial charge < -0.3 is 19.6 Å². The van der Waals surface area contributed by atoms with Gasteiger partial charge in [0.2, 0.25) is 0 Å². The van der Waals surface area contributed by atoms with Gasteiger partial charge in [0.05, 0.1) is 17.8 Å². The summed E-state index contributed by atoms with van der Waals surface area (Å²) in [4.78, 5) is 16.9. The molecule has 28 heavy (non-hydrogen) atoms. The quantitative estimate of drug-likeness (QED) is 0.885. The number of aromatic hydroxyl groups is 1. The second-order valence-corrected chi connectivity index (χ2v) is 7.93. The van der Waals surface area contributed by atoms with E-state index in [4.69, 9.17) is 4.74 Å². The number of morpholine rings is 1. The van der Waals surface area contributed by atoms with Crippen molar-refractivity contribution in [3.63, 3.8) is 0 Å². The number of likely N-dealkylation sites (tertiary alicyclic amines) is 1. The summed E-state index contributed by atoms with van der Waals surface area (Å²) in [7, 11) is 0. The van der Waals surface area contributed by atoms with Crippen LogP contribution in [0.2, 0.25) is 0 Å². The molecule has 1 spiro atoms.